The van der Waals surface area contributed by atoms with Crippen LogP contribution < -0.4 is 5.56 Å². The van der Waals surface area contributed by atoms with Gasteiger partial charge in [-0.3, -0.25) is 9.36 Å². The molecule has 0 bridgehead atoms. The van der Waals surface area contributed by atoms with Crippen LogP contribution in [0.25, 0.3) is 26.3 Å². The van der Waals surface area contributed by atoms with Gasteiger partial charge in [0.05, 0.1) is 23.1 Å². The Bertz CT molecular complexity index is 1210. The van der Waals surface area contributed by atoms with E-state index in [2.05, 4.69) is 6.07 Å². The van der Waals surface area contributed by atoms with E-state index in [9.17, 15) is 4.79 Å². The summed E-state index contributed by atoms with van der Waals surface area (Å²) in [6.07, 6.45) is 0. The normalized spacial score (nSPS) is 12.0. The van der Waals surface area contributed by atoms with E-state index >= 15 is 0 Å². The summed E-state index contributed by atoms with van der Waals surface area (Å²) < 4.78 is 1.65. The lowest BCUT2D eigenvalue weighted by atomic mass is 10.2. The van der Waals surface area contributed by atoms with Gasteiger partial charge in [0, 0.05) is 10.6 Å². The van der Waals surface area contributed by atoms with Gasteiger partial charge in [0.25, 0.3) is 5.56 Å². The van der Waals surface area contributed by atoms with E-state index in [0.717, 1.165) is 21.0 Å². The molecule has 2 heterocycles. The van der Waals surface area contributed by atoms with Gasteiger partial charge in [0.15, 0.2) is 5.16 Å². The molecule has 2 aromatic carbocycles. The van der Waals surface area contributed by atoms with Crippen molar-refractivity contribution in [3.8, 4) is 22.2 Å². The van der Waals surface area contributed by atoms with Crippen LogP contribution in [-0.4, -0.2) is 15.3 Å². The van der Waals surface area contributed by atoms with Gasteiger partial charge in [0.2, 0.25) is 0 Å². The Kier molecular flexibility index (Phi) is 5.29. The Hall–Kier alpha value is -2.88. The standard InChI is InChI=1S/C22H17N3OS2/c1-15(13-23)14-27-22-24-20-18(12-19(28-20)16-8-4-2-5-9-16)21(26)25(22)17-10-6-3-7-11-17/h2-12,15H,14H2,1H3/t15-/m0/s1. The molecule has 0 aliphatic heterocycles. The second-order valence-electron chi connectivity index (χ2n) is 6.41. The summed E-state index contributed by atoms with van der Waals surface area (Å²) in [6.45, 7) is 1.87. The highest BCUT2D eigenvalue weighted by Crippen LogP contribution is 2.33. The Labute approximate surface area is 171 Å². The summed E-state index contributed by atoms with van der Waals surface area (Å²) in [5.74, 6) is 0.461. The molecule has 0 saturated carbocycles. The number of aromatic nitrogens is 2. The maximum Gasteiger partial charge on any atom is 0.267 e. The molecule has 4 aromatic rings. The van der Waals surface area contributed by atoms with E-state index in [4.69, 9.17) is 10.2 Å². The average Bonchev–Trinajstić information content (AvgIpc) is 3.18. The molecule has 2 aromatic heterocycles. The van der Waals surface area contributed by atoms with Gasteiger partial charge in [-0.05, 0) is 30.7 Å². The molecule has 28 heavy (non-hydrogen) atoms. The Morgan fingerprint density at radius 3 is 2.50 bits per heavy atom. The molecule has 0 N–H and O–H groups in total. The fraction of sp³-hybridized carbons (Fsp3) is 0.136. The van der Waals surface area contributed by atoms with Crippen LogP contribution in [0.2, 0.25) is 0 Å². The molecule has 0 aliphatic carbocycles. The number of thiophene rings is 1. The molecule has 4 nitrogen and oxygen atoms in total. The van der Waals surface area contributed by atoms with Crippen molar-refractivity contribution in [1.29, 1.82) is 5.26 Å². The summed E-state index contributed by atoms with van der Waals surface area (Å²) in [6, 6.07) is 23.7. The lowest BCUT2D eigenvalue weighted by molar-refractivity contribution is 0.810. The highest BCUT2D eigenvalue weighted by molar-refractivity contribution is 7.99. The monoisotopic (exact) mass is 403 g/mol. The molecule has 6 heteroatoms. The maximum absolute atomic E-state index is 13.4. The third kappa shape index (κ3) is 3.59. The van der Waals surface area contributed by atoms with Crippen molar-refractivity contribution in [3.63, 3.8) is 0 Å². The number of nitrogens with zero attached hydrogens (tertiary/aromatic N) is 3. The summed E-state index contributed by atoms with van der Waals surface area (Å²) in [4.78, 5) is 19.9. The van der Waals surface area contributed by atoms with Crippen molar-refractivity contribution in [3.05, 3.63) is 77.1 Å². The third-order valence-corrected chi connectivity index (χ3v) is 6.57. The van der Waals surface area contributed by atoms with E-state index in [-0.39, 0.29) is 11.5 Å². The highest BCUT2D eigenvalue weighted by Gasteiger charge is 2.17. The van der Waals surface area contributed by atoms with E-state index in [1.807, 2.05) is 73.7 Å². The quantitative estimate of drug-likeness (QED) is 0.332. The third-order valence-electron chi connectivity index (χ3n) is 4.29. The molecule has 0 spiro atoms. The lowest BCUT2D eigenvalue weighted by Gasteiger charge is -2.12. The fourth-order valence-corrected chi connectivity index (χ4v) is 4.88. The smallest absolute Gasteiger partial charge is 0.267 e. The van der Waals surface area contributed by atoms with Gasteiger partial charge < -0.3 is 0 Å². The van der Waals surface area contributed by atoms with E-state index in [0.29, 0.717) is 16.3 Å². The van der Waals surface area contributed by atoms with Gasteiger partial charge >= 0.3 is 0 Å². The predicted octanol–water partition coefficient (Wildman–Crippen LogP) is 5.37. The van der Waals surface area contributed by atoms with Crippen molar-refractivity contribution in [2.75, 3.05) is 5.75 Å². The van der Waals surface area contributed by atoms with Crippen LogP contribution in [0, 0.1) is 17.2 Å². The van der Waals surface area contributed by atoms with Crippen LogP contribution in [0.1, 0.15) is 6.92 Å². The highest BCUT2D eigenvalue weighted by atomic mass is 32.2. The largest absolute Gasteiger partial charge is 0.268 e. The van der Waals surface area contributed by atoms with Crippen molar-refractivity contribution in [2.45, 2.75) is 12.1 Å². The molecule has 0 radical (unpaired) electrons. The summed E-state index contributed by atoms with van der Waals surface area (Å²) in [5, 5.41) is 10.3. The number of fused-ring (bicyclic) bond motifs is 1. The first-order valence-electron chi connectivity index (χ1n) is 8.87. The minimum atomic E-state index is -0.120. The molecule has 0 aliphatic rings. The molecule has 0 unspecified atom stereocenters. The maximum atomic E-state index is 13.4. The van der Waals surface area contributed by atoms with Crippen LogP contribution in [-0.2, 0) is 0 Å². The van der Waals surface area contributed by atoms with Crippen LogP contribution in [0.3, 0.4) is 0 Å². The zero-order chi connectivity index (χ0) is 19.5. The number of thioether (sulfide) groups is 1. The van der Waals surface area contributed by atoms with Crippen LogP contribution in [0.5, 0.6) is 0 Å². The first-order chi connectivity index (χ1) is 13.7. The molecule has 0 saturated heterocycles. The van der Waals surface area contributed by atoms with Crippen molar-refractivity contribution < 1.29 is 0 Å². The van der Waals surface area contributed by atoms with E-state index in [1.165, 1.54) is 23.1 Å². The van der Waals surface area contributed by atoms with Crippen LogP contribution in [0.15, 0.2) is 76.7 Å². The average molecular weight is 404 g/mol. The Morgan fingerprint density at radius 2 is 1.82 bits per heavy atom. The molecule has 138 valence electrons. The second kappa shape index (κ2) is 8.01. The number of hydrogen-bond donors (Lipinski definition) is 0. The molecule has 1 atom stereocenters. The van der Waals surface area contributed by atoms with Crippen LogP contribution in [0.4, 0.5) is 0 Å². The number of para-hydroxylation sites is 1. The van der Waals surface area contributed by atoms with Crippen molar-refractivity contribution in [1.82, 2.24) is 9.55 Å². The SMILES string of the molecule is C[C@@H](C#N)CSc1nc2sc(-c3ccccc3)cc2c(=O)n1-c1ccccc1. The Balaban J connectivity index is 1.90. The molecule has 0 amide bonds. The topological polar surface area (TPSA) is 58.7 Å². The number of rotatable bonds is 5. The zero-order valence-electron chi connectivity index (χ0n) is 15.2. The van der Waals surface area contributed by atoms with Crippen LogP contribution >= 0.6 is 23.1 Å². The summed E-state index contributed by atoms with van der Waals surface area (Å²) in [5.41, 5.74) is 1.77. The molecular weight excluding hydrogens is 386 g/mol. The Morgan fingerprint density at radius 1 is 1.14 bits per heavy atom. The number of benzene rings is 2. The number of hydrogen-bond acceptors (Lipinski definition) is 5. The summed E-state index contributed by atoms with van der Waals surface area (Å²) >= 11 is 2.96. The van der Waals surface area contributed by atoms with Gasteiger partial charge in [0.1, 0.15) is 4.83 Å². The lowest BCUT2D eigenvalue weighted by Crippen LogP contribution is -2.21. The van der Waals surface area contributed by atoms with Gasteiger partial charge in [-0.2, -0.15) is 5.26 Å². The van der Waals surface area contributed by atoms with Crippen molar-refractivity contribution >= 4 is 33.3 Å². The first kappa shape index (κ1) is 18.5. The predicted molar refractivity (Wildman–Crippen MR) is 116 cm³/mol. The zero-order valence-corrected chi connectivity index (χ0v) is 16.8. The number of nitriles is 1. The molecule has 4 rings (SSSR count). The summed E-state index contributed by atoms with van der Waals surface area (Å²) in [7, 11) is 0. The first-order valence-corrected chi connectivity index (χ1v) is 10.7. The fourth-order valence-electron chi connectivity index (χ4n) is 2.84. The van der Waals surface area contributed by atoms with E-state index in [1.54, 1.807) is 4.57 Å². The second-order valence-corrected chi connectivity index (χ2v) is 8.42. The van der Waals surface area contributed by atoms with E-state index < -0.39 is 0 Å². The van der Waals surface area contributed by atoms with Gasteiger partial charge in [-0.1, -0.05) is 60.3 Å². The molecular formula is C22H17N3OS2. The van der Waals surface area contributed by atoms with Gasteiger partial charge in [-0.15, -0.1) is 11.3 Å². The van der Waals surface area contributed by atoms with Crippen molar-refractivity contribution in [2.24, 2.45) is 5.92 Å². The minimum Gasteiger partial charge on any atom is -0.268 e. The molecule has 0 fully saturated rings. The van der Waals surface area contributed by atoms with Gasteiger partial charge in [-0.25, -0.2) is 4.98 Å². The minimum absolute atomic E-state index is 0.0817.